The molecule has 0 radical (unpaired) electrons. The summed E-state index contributed by atoms with van der Waals surface area (Å²) in [4.78, 5) is 27.7. The summed E-state index contributed by atoms with van der Waals surface area (Å²) in [6.07, 6.45) is 0.812. The van der Waals surface area contributed by atoms with Crippen LogP contribution in [-0.2, 0) is 19.4 Å². The predicted octanol–water partition coefficient (Wildman–Crippen LogP) is -0.782. The van der Waals surface area contributed by atoms with Crippen LogP contribution in [0.4, 0.5) is 4.79 Å². The van der Waals surface area contributed by atoms with Crippen molar-refractivity contribution in [1.29, 1.82) is 0 Å². The van der Waals surface area contributed by atoms with E-state index in [4.69, 9.17) is 13.7 Å². The maximum atomic E-state index is 12.4. The van der Waals surface area contributed by atoms with E-state index in [-0.39, 0.29) is 18.3 Å². The number of piperidine rings is 1. The van der Waals surface area contributed by atoms with E-state index in [1.807, 2.05) is 0 Å². The summed E-state index contributed by atoms with van der Waals surface area (Å²) in [5, 5.41) is 8.31. The molecular weight excluding hydrogens is 386 g/mol. The Balaban J connectivity index is 1.49. The van der Waals surface area contributed by atoms with E-state index in [1.54, 1.807) is 4.90 Å². The zero-order valence-corrected chi connectivity index (χ0v) is 14.9. The quantitative estimate of drug-likeness (QED) is 0.633. The van der Waals surface area contributed by atoms with E-state index in [9.17, 15) is 18.0 Å². The standard InChI is InChI=1S/C13H17N5O8S/c19-12(16-3-5-24-6-4-16)11-15-14-10(25-11)9-2-1-8-7-17(9)13(20)18(8)26-27(21,22)23/h8-9H,1-7H2,(H,21,22,23)/t8-,9+/m1/s1. The molecule has 3 fully saturated rings. The molecule has 1 aromatic rings. The number of carbonyl (C=O) groups excluding carboxylic acids is 2. The summed E-state index contributed by atoms with van der Waals surface area (Å²) in [6, 6.07) is -1.87. The van der Waals surface area contributed by atoms with Gasteiger partial charge in [0.15, 0.2) is 0 Å². The molecule has 1 N–H and O–H groups in total. The molecule has 2 atom stereocenters. The van der Waals surface area contributed by atoms with Crippen LogP contribution in [0.1, 0.15) is 35.5 Å². The normalized spacial score (nSPS) is 26.0. The third-order valence-corrected chi connectivity index (χ3v) is 5.05. The predicted molar refractivity (Wildman–Crippen MR) is 83.4 cm³/mol. The fourth-order valence-electron chi connectivity index (χ4n) is 3.45. The highest BCUT2D eigenvalue weighted by molar-refractivity contribution is 7.80. The van der Waals surface area contributed by atoms with Crippen LogP contribution >= 0.6 is 0 Å². The highest BCUT2D eigenvalue weighted by Crippen LogP contribution is 2.38. The Morgan fingerprint density at radius 1 is 1.22 bits per heavy atom. The first-order chi connectivity index (χ1) is 12.8. The van der Waals surface area contributed by atoms with Gasteiger partial charge in [0.2, 0.25) is 5.89 Å². The minimum Gasteiger partial charge on any atom is -0.415 e. The van der Waals surface area contributed by atoms with Gasteiger partial charge in [0, 0.05) is 19.6 Å². The second-order valence-corrected chi connectivity index (χ2v) is 7.36. The smallest absolute Gasteiger partial charge is 0.415 e. The first-order valence-electron chi connectivity index (χ1n) is 8.31. The fourth-order valence-corrected chi connectivity index (χ4v) is 3.83. The summed E-state index contributed by atoms with van der Waals surface area (Å²) in [6.45, 7) is 1.89. The lowest BCUT2D eigenvalue weighted by Gasteiger charge is -2.27. The van der Waals surface area contributed by atoms with Gasteiger partial charge in [0.25, 0.3) is 0 Å². The van der Waals surface area contributed by atoms with Crippen molar-refractivity contribution in [2.45, 2.75) is 24.9 Å². The van der Waals surface area contributed by atoms with Crippen molar-refractivity contribution in [1.82, 2.24) is 25.1 Å². The average Bonchev–Trinajstić information content (AvgIpc) is 3.22. The minimum atomic E-state index is -4.81. The zero-order chi connectivity index (χ0) is 19.2. The van der Waals surface area contributed by atoms with Crippen molar-refractivity contribution in [3.63, 3.8) is 0 Å². The summed E-state index contributed by atoms with van der Waals surface area (Å²) >= 11 is 0. The number of ether oxygens (including phenoxy) is 1. The fraction of sp³-hybridized carbons (Fsp3) is 0.692. The topological polar surface area (TPSA) is 156 Å². The largest absolute Gasteiger partial charge is 0.418 e. The molecule has 148 valence electrons. The van der Waals surface area contributed by atoms with Crippen molar-refractivity contribution in [2.24, 2.45) is 0 Å². The molecule has 3 amide bonds. The molecule has 2 bridgehead atoms. The highest BCUT2D eigenvalue weighted by atomic mass is 32.3. The van der Waals surface area contributed by atoms with Crippen molar-refractivity contribution >= 4 is 22.3 Å². The van der Waals surface area contributed by atoms with Gasteiger partial charge < -0.3 is 19.0 Å². The van der Waals surface area contributed by atoms with Crippen molar-refractivity contribution in [2.75, 3.05) is 32.8 Å². The molecule has 0 saturated carbocycles. The molecule has 3 aliphatic rings. The molecule has 1 aromatic heterocycles. The summed E-state index contributed by atoms with van der Waals surface area (Å²) in [5.74, 6) is -0.492. The highest BCUT2D eigenvalue weighted by Gasteiger charge is 2.49. The Bertz CT molecular complexity index is 851. The van der Waals surface area contributed by atoms with Crippen LogP contribution in [0, 0.1) is 0 Å². The summed E-state index contributed by atoms with van der Waals surface area (Å²) < 4.78 is 45.7. The van der Waals surface area contributed by atoms with Gasteiger partial charge in [-0.3, -0.25) is 9.35 Å². The van der Waals surface area contributed by atoms with Crippen molar-refractivity contribution < 1.29 is 36.0 Å². The van der Waals surface area contributed by atoms with Crippen LogP contribution in [0.3, 0.4) is 0 Å². The lowest BCUT2D eigenvalue weighted by Crippen LogP contribution is -2.40. The molecule has 4 heterocycles. The maximum Gasteiger partial charge on any atom is 0.418 e. The number of carbonyl (C=O) groups is 2. The second kappa shape index (κ2) is 6.70. The van der Waals surface area contributed by atoms with Gasteiger partial charge in [-0.05, 0) is 12.8 Å². The van der Waals surface area contributed by atoms with Gasteiger partial charge >= 0.3 is 28.2 Å². The van der Waals surface area contributed by atoms with E-state index in [2.05, 4.69) is 14.5 Å². The van der Waals surface area contributed by atoms with E-state index >= 15 is 0 Å². The Morgan fingerprint density at radius 3 is 2.67 bits per heavy atom. The Labute approximate surface area is 153 Å². The third-order valence-electron chi connectivity index (χ3n) is 4.70. The summed E-state index contributed by atoms with van der Waals surface area (Å²) in [7, 11) is -4.81. The first-order valence-corrected chi connectivity index (χ1v) is 9.67. The molecule has 3 aliphatic heterocycles. The molecule has 13 nitrogen and oxygen atoms in total. The molecule has 0 spiro atoms. The van der Waals surface area contributed by atoms with E-state index in [1.165, 1.54) is 4.90 Å². The van der Waals surface area contributed by atoms with Crippen molar-refractivity contribution in [3.05, 3.63) is 11.8 Å². The number of nitrogens with zero attached hydrogens (tertiary/aromatic N) is 5. The number of morpholine rings is 1. The molecule has 0 unspecified atom stereocenters. The van der Waals surface area contributed by atoms with Crippen LogP contribution in [-0.4, -0.2) is 88.9 Å². The van der Waals surface area contributed by atoms with Gasteiger partial charge in [-0.2, -0.15) is 13.5 Å². The van der Waals surface area contributed by atoms with Crippen LogP contribution < -0.4 is 0 Å². The number of rotatable bonds is 4. The molecule has 4 rings (SSSR count). The lowest BCUT2D eigenvalue weighted by atomic mass is 10.0. The summed E-state index contributed by atoms with van der Waals surface area (Å²) in [5.41, 5.74) is 0. The maximum absolute atomic E-state index is 12.4. The number of aromatic nitrogens is 2. The number of hydroxylamine groups is 2. The Morgan fingerprint density at radius 2 is 1.96 bits per heavy atom. The second-order valence-electron chi connectivity index (χ2n) is 6.36. The van der Waals surface area contributed by atoms with E-state index in [0.717, 1.165) is 0 Å². The number of hydrogen-bond donors (Lipinski definition) is 1. The monoisotopic (exact) mass is 403 g/mol. The van der Waals surface area contributed by atoms with E-state index in [0.29, 0.717) is 44.2 Å². The SMILES string of the molecule is O=C(c1nnc([C@@H]2CC[C@@H]3CN2C(=O)N3OS(=O)(=O)O)o1)N1CCOCC1. The first kappa shape index (κ1) is 18.1. The van der Waals surface area contributed by atoms with E-state index < -0.39 is 34.4 Å². The number of amides is 3. The Kier molecular flexibility index (Phi) is 4.49. The lowest BCUT2D eigenvalue weighted by molar-refractivity contribution is -0.0317. The minimum absolute atomic E-state index is 0.0899. The number of hydrogen-bond acceptors (Lipinski definition) is 9. The van der Waals surface area contributed by atoms with Crippen LogP contribution in [0.2, 0.25) is 0 Å². The molecule has 27 heavy (non-hydrogen) atoms. The molecule has 0 aromatic carbocycles. The Hall–Kier alpha value is -2.29. The molecule has 0 aliphatic carbocycles. The van der Waals surface area contributed by atoms with Gasteiger partial charge in [-0.15, -0.1) is 14.5 Å². The van der Waals surface area contributed by atoms with Crippen LogP contribution in [0.5, 0.6) is 0 Å². The number of fused-ring (bicyclic) bond motifs is 2. The third kappa shape index (κ3) is 3.47. The van der Waals surface area contributed by atoms with Crippen LogP contribution in [0.15, 0.2) is 4.42 Å². The molecule has 3 saturated heterocycles. The van der Waals surface area contributed by atoms with Gasteiger partial charge in [-0.25, -0.2) is 4.79 Å². The molecular formula is C13H17N5O8S. The van der Waals surface area contributed by atoms with Crippen LogP contribution in [0.25, 0.3) is 0 Å². The number of urea groups is 1. The zero-order valence-electron chi connectivity index (χ0n) is 14.1. The van der Waals surface area contributed by atoms with Gasteiger partial charge in [-0.1, -0.05) is 0 Å². The van der Waals surface area contributed by atoms with Crippen molar-refractivity contribution in [3.8, 4) is 0 Å². The van der Waals surface area contributed by atoms with Gasteiger partial charge in [0.05, 0.1) is 19.3 Å². The average molecular weight is 403 g/mol. The van der Waals surface area contributed by atoms with Gasteiger partial charge in [0.1, 0.15) is 6.04 Å². The molecule has 14 heteroatoms.